The minimum absolute atomic E-state index is 0. The number of ether oxygens (including phenoxy) is 2. The maximum absolute atomic E-state index is 12.2. The molecule has 0 saturated heterocycles. The van der Waals surface area contributed by atoms with Crippen LogP contribution < -0.4 is 33.5 Å². The van der Waals surface area contributed by atoms with Gasteiger partial charge in [-0.25, -0.2) is 14.4 Å². The molecule has 0 aliphatic heterocycles. The zero-order chi connectivity index (χ0) is 44.3. The summed E-state index contributed by atoms with van der Waals surface area (Å²) in [5.74, 6) is -1.43. The third-order valence-corrected chi connectivity index (χ3v) is 9.43. The second-order valence-electron chi connectivity index (χ2n) is 14.5. The molecule has 10 rings (SSSR count). The van der Waals surface area contributed by atoms with Crippen molar-refractivity contribution in [2.75, 3.05) is 18.5 Å². The van der Waals surface area contributed by atoms with Crippen LogP contribution in [0.15, 0.2) is 123 Å². The van der Waals surface area contributed by atoms with Crippen molar-refractivity contribution in [1.82, 2.24) is 4.57 Å². The molecule has 3 saturated carbocycles. The van der Waals surface area contributed by atoms with Crippen LogP contribution >= 0.6 is 0 Å². The Kier molecular flexibility index (Phi) is 16.0. The molecular weight excluding hydrogens is 819 g/mol. The quantitative estimate of drug-likeness (QED) is 0.0638. The number of nitrogens with two attached hydrogens (primary N) is 1. The molecule has 7 aromatic rings. The van der Waals surface area contributed by atoms with Crippen LogP contribution in [0.4, 0.5) is 5.69 Å². The monoisotopic (exact) mass is 867 g/mol. The number of rotatable bonds is 7. The van der Waals surface area contributed by atoms with Gasteiger partial charge in [0.2, 0.25) is 0 Å². The summed E-state index contributed by atoms with van der Waals surface area (Å²) in [7, 11) is 0. The zero-order valence-electron chi connectivity index (χ0n) is 34.7. The van der Waals surface area contributed by atoms with Crippen LogP contribution in [-0.4, -0.2) is 57.5 Å². The fourth-order valence-corrected chi connectivity index (χ4v) is 6.08. The molecule has 3 fully saturated rings. The average molecular weight is 868 g/mol. The smallest absolute Gasteiger partial charge is 0.349 e. The number of carbonyl (C=O) groups is 2. The molecule has 0 amide bonds. The van der Waals surface area contributed by atoms with E-state index in [2.05, 4.69) is 14.8 Å². The molecule has 0 atom stereocenters. The van der Waals surface area contributed by atoms with Gasteiger partial charge in [-0.1, -0.05) is 36.4 Å². The van der Waals surface area contributed by atoms with E-state index in [0.717, 1.165) is 36.0 Å². The van der Waals surface area contributed by atoms with Gasteiger partial charge in [-0.05, 0) is 88.8 Å². The molecule has 17 heteroatoms. The lowest BCUT2D eigenvalue weighted by Gasteiger charge is -2.11. The van der Waals surface area contributed by atoms with Crippen molar-refractivity contribution in [3.05, 3.63) is 133 Å². The first-order chi connectivity index (χ1) is 29.9. The van der Waals surface area contributed by atoms with Gasteiger partial charge < -0.3 is 54.0 Å². The maximum Gasteiger partial charge on any atom is 0.349 e. The van der Waals surface area contributed by atoms with Gasteiger partial charge in [0, 0.05) is 41.0 Å². The van der Waals surface area contributed by atoms with Crippen molar-refractivity contribution < 1.29 is 48.0 Å². The Balaban J connectivity index is 0.000000157. The number of hydrogen-bond acceptors (Lipinski definition) is 15. The number of anilines is 1. The van der Waals surface area contributed by atoms with Crippen LogP contribution in [0.25, 0.3) is 43.8 Å². The molecule has 3 aliphatic carbocycles. The van der Waals surface area contributed by atoms with Gasteiger partial charge in [0.15, 0.2) is 0 Å². The third-order valence-electron chi connectivity index (χ3n) is 9.43. The van der Waals surface area contributed by atoms with Crippen molar-refractivity contribution >= 4 is 61.4 Å². The van der Waals surface area contributed by atoms with Crippen LogP contribution in [0.1, 0.15) is 64.8 Å². The molecule has 0 spiro atoms. The first-order valence-corrected chi connectivity index (χ1v) is 20.2. The Bertz CT molecular complexity index is 2920. The predicted molar refractivity (Wildman–Crippen MR) is 236 cm³/mol. The molecule has 3 aromatic carbocycles. The number of para-hydroxylation sites is 3. The molecule has 332 valence electrons. The van der Waals surface area contributed by atoms with E-state index < -0.39 is 23.2 Å². The standard InChI is InChI=1S/C15H11NO4.C12H11NO2.C9H6O3.C7H12O4.C3H7N.H2O/c17-10-7-12(18)16(8-5-6-8)14-9-3-1-2-4-11(9)20-15(19)13(10)14;14-12-7-10(13-8-5-6-8)9-3-1-2-4-11(9)15-12;10-7-5-9(11)12-8-4-2-1-3-6(7)8;1-3-10-6(8)5-7(9)11-4-2;4-3-1-2-3;/h1-4,7-8,17H,5-6H2;1-4,7-8,13H,5-6H2;1-5,10H;3-5H2,1-2H3;3H,1-2,4H2;1H2. The summed E-state index contributed by atoms with van der Waals surface area (Å²) in [6.07, 6.45) is 6.44. The van der Waals surface area contributed by atoms with E-state index in [1.165, 1.54) is 31.7 Å². The number of hydrogen-bond donors (Lipinski definition) is 4. The van der Waals surface area contributed by atoms with Crippen LogP contribution in [0.3, 0.4) is 0 Å². The maximum atomic E-state index is 12.2. The van der Waals surface area contributed by atoms with Gasteiger partial charge in [0.1, 0.15) is 40.1 Å². The second-order valence-corrected chi connectivity index (χ2v) is 14.5. The lowest BCUT2D eigenvalue weighted by Crippen LogP contribution is -2.20. The summed E-state index contributed by atoms with van der Waals surface area (Å²) in [6.45, 7) is 3.95. The number of pyridine rings is 1. The number of nitrogens with one attached hydrogen (secondary N) is 1. The Hall–Kier alpha value is -7.24. The van der Waals surface area contributed by atoms with E-state index in [-0.39, 0.29) is 59.2 Å². The molecular formula is C46H49N3O14. The molecule has 0 unspecified atom stereocenters. The average Bonchev–Trinajstić information content (AvgIpc) is 4.09. The molecule has 3 aliphatic rings. The summed E-state index contributed by atoms with van der Waals surface area (Å²) in [4.78, 5) is 67.5. The van der Waals surface area contributed by atoms with Gasteiger partial charge in [0.05, 0.1) is 35.9 Å². The number of fused-ring (bicyclic) bond motifs is 5. The topological polar surface area (TPSA) is 275 Å². The van der Waals surface area contributed by atoms with E-state index in [1.807, 2.05) is 30.3 Å². The SMILES string of the molecule is CCOC(=O)CC(=O)OCC.NC1CC1.O.O=c1cc(NC2CC2)c2ccccc2o1.O=c1cc(O)c2ccccc2o1.O=c1oc2ccccc2c2c1c(O)cc(=O)n2C1CC1. The van der Waals surface area contributed by atoms with Crippen LogP contribution in [-0.2, 0) is 19.1 Å². The lowest BCUT2D eigenvalue weighted by atomic mass is 10.1. The van der Waals surface area contributed by atoms with Gasteiger partial charge in [-0.15, -0.1) is 0 Å². The first kappa shape index (κ1) is 46.8. The zero-order valence-corrected chi connectivity index (χ0v) is 34.7. The number of esters is 2. The summed E-state index contributed by atoms with van der Waals surface area (Å²) in [5, 5.41) is 24.9. The predicted octanol–water partition coefficient (Wildman–Crippen LogP) is 5.80. The highest BCUT2D eigenvalue weighted by Crippen LogP contribution is 2.38. The lowest BCUT2D eigenvalue weighted by molar-refractivity contribution is -0.153. The molecule has 63 heavy (non-hydrogen) atoms. The van der Waals surface area contributed by atoms with Gasteiger partial charge in [-0.2, -0.15) is 0 Å². The van der Waals surface area contributed by atoms with Gasteiger partial charge in [0.25, 0.3) is 5.56 Å². The van der Waals surface area contributed by atoms with Crippen molar-refractivity contribution in [1.29, 1.82) is 0 Å². The van der Waals surface area contributed by atoms with Gasteiger partial charge >= 0.3 is 28.8 Å². The molecule has 0 bridgehead atoms. The summed E-state index contributed by atoms with van der Waals surface area (Å²) in [5.41, 5.74) is 6.33. The van der Waals surface area contributed by atoms with Crippen molar-refractivity contribution in [3.63, 3.8) is 0 Å². The number of aromatic nitrogens is 1. The largest absolute Gasteiger partial charge is 0.507 e. The number of aromatic hydroxyl groups is 2. The molecule has 0 radical (unpaired) electrons. The Morgan fingerprint density at radius 3 is 1.70 bits per heavy atom. The number of benzene rings is 3. The Morgan fingerprint density at radius 1 is 0.683 bits per heavy atom. The normalized spacial score (nSPS) is 13.6. The van der Waals surface area contributed by atoms with Crippen LogP contribution in [0.2, 0.25) is 0 Å². The number of carbonyl (C=O) groups excluding carboxylic acids is 2. The second kappa shape index (κ2) is 21.5. The van der Waals surface area contributed by atoms with Crippen molar-refractivity contribution in [2.24, 2.45) is 5.73 Å². The highest BCUT2D eigenvalue weighted by atomic mass is 16.6. The van der Waals surface area contributed by atoms with Crippen molar-refractivity contribution in [3.8, 4) is 11.5 Å². The fourth-order valence-electron chi connectivity index (χ4n) is 6.08. The van der Waals surface area contributed by atoms with E-state index in [4.69, 9.17) is 19.0 Å². The summed E-state index contributed by atoms with van der Waals surface area (Å²) in [6, 6.07) is 26.4. The van der Waals surface area contributed by atoms with E-state index in [0.29, 0.717) is 45.1 Å². The summed E-state index contributed by atoms with van der Waals surface area (Å²) < 4.78 is 25.8. The summed E-state index contributed by atoms with van der Waals surface area (Å²) >= 11 is 0. The fraction of sp³-hybridized carbons (Fsp3) is 0.304. The highest BCUT2D eigenvalue weighted by Gasteiger charge is 2.29. The minimum Gasteiger partial charge on any atom is -0.507 e. The third kappa shape index (κ3) is 12.9. The van der Waals surface area contributed by atoms with Crippen molar-refractivity contribution in [2.45, 2.75) is 76.9 Å². The molecule has 4 aromatic heterocycles. The first-order valence-electron chi connectivity index (χ1n) is 20.2. The van der Waals surface area contributed by atoms with Gasteiger partial charge in [-0.3, -0.25) is 14.4 Å². The molecule has 17 nitrogen and oxygen atoms in total. The number of nitrogens with zero attached hydrogens (tertiary/aromatic N) is 1. The van der Waals surface area contributed by atoms with E-state index >= 15 is 0 Å². The minimum atomic E-state index is -0.620. The van der Waals surface area contributed by atoms with Crippen LogP contribution in [0.5, 0.6) is 11.5 Å². The van der Waals surface area contributed by atoms with E-state index in [1.54, 1.807) is 60.9 Å². The van der Waals surface area contributed by atoms with Crippen LogP contribution in [0, 0.1) is 0 Å². The molecule has 4 heterocycles. The molecule has 7 N–H and O–H groups in total. The Morgan fingerprint density at radius 2 is 1.17 bits per heavy atom. The Labute approximate surface area is 358 Å². The highest BCUT2D eigenvalue weighted by molar-refractivity contribution is 6.04. The van der Waals surface area contributed by atoms with E-state index in [9.17, 15) is 39.0 Å².